The number of anilines is 2. The lowest BCUT2D eigenvalue weighted by molar-refractivity contribution is -0.121. The molecule has 0 bridgehead atoms. The van der Waals surface area contributed by atoms with Crippen LogP contribution in [0.5, 0.6) is 0 Å². The SMILES string of the molecule is CCc1ccc(NC(=O)C(C)N2CCCCC2)cc1N. The lowest BCUT2D eigenvalue weighted by Crippen LogP contribution is -2.44. The van der Waals surface area contributed by atoms with Crippen LogP contribution in [0.15, 0.2) is 18.2 Å². The molecule has 1 amide bonds. The summed E-state index contributed by atoms with van der Waals surface area (Å²) in [5.74, 6) is 0.0514. The van der Waals surface area contributed by atoms with Crippen LogP contribution < -0.4 is 11.1 Å². The van der Waals surface area contributed by atoms with Gasteiger partial charge in [-0.25, -0.2) is 0 Å². The van der Waals surface area contributed by atoms with Gasteiger partial charge in [0.15, 0.2) is 0 Å². The Morgan fingerprint density at radius 1 is 1.35 bits per heavy atom. The van der Waals surface area contributed by atoms with Gasteiger partial charge in [0, 0.05) is 11.4 Å². The van der Waals surface area contributed by atoms with Gasteiger partial charge in [-0.05, 0) is 57.0 Å². The Hall–Kier alpha value is -1.55. The van der Waals surface area contributed by atoms with E-state index in [0.717, 1.165) is 36.4 Å². The third-order valence-corrected chi connectivity index (χ3v) is 4.11. The van der Waals surface area contributed by atoms with Crippen molar-refractivity contribution in [3.05, 3.63) is 23.8 Å². The Kier molecular flexibility index (Phi) is 5.01. The van der Waals surface area contributed by atoms with E-state index >= 15 is 0 Å². The molecule has 20 heavy (non-hydrogen) atoms. The molecule has 4 heteroatoms. The molecule has 1 aliphatic heterocycles. The third-order valence-electron chi connectivity index (χ3n) is 4.11. The van der Waals surface area contributed by atoms with Crippen molar-refractivity contribution < 1.29 is 4.79 Å². The van der Waals surface area contributed by atoms with Crippen LogP contribution in [0.3, 0.4) is 0 Å². The molecule has 0 saturated carbocycles. The number of nitrogen functional groups attached to an aromatic ring is 1. The fourth-order valence-corrected chi connectivity index (χ4v) is 2.71. The number of carbonyl (C=O) groups is 1. The van der Waals surface area contributed by atoms with Crippen molar-refractivity contribution in [2.24, 2.45) is 0 Å². The summed E-state index contributed by atoms with van der Waals surface area (Å²) < 4.78 is 0. The molecule has 1 fully saturated rings. The van der Waals surface area contributed by atoms with Gasteiger partial charge < -0.3 is 11.1 Å². The lowest BCUT2D eigenvalue weighted by atomic mass is 10.1. The number of nitrogens with one attached hydrogen (secondary N) is 1. The fourth-order valence-electron chi connectivity index (χ4n) is 2.71. The molecule has 1 aromatic carbocycles. The number of piperidine rings is 1. The molecule has 3 N–H and O–H groups in total. The van der Waals surface area contributed by atoms with Gasteiger partial charge >= 0.3 is 0 Å². The highest BCUT2D eigenvalue weighted by Gasteiger charge is 2.22. The predicted octanol–water partition coefficient (Wildman–Crippen LogP) is 2.64. The highest BCUT2D eigenvalue weighted by Crippen LogP contribution is 2.19. The standard InChI is InChI=1S/C16H25N3O/c1-3-13-7-8-14(11-15(13)17)18-16(20)12(2)19-9-5-4-6-10-19/h7-8,11-12H,3-6,9-10,17H2,1-2H3,(H,18,20). The minimum Gasteiger partial charge on any atom is -0.398 e. The molecule has 0 aromatic heterocycles. The van der Waals surface area contributed by atoms with Crippen LogP contribution in [0.25, 0.3) is 0 Å². The molecule has 1 saturated heterocycles. The van der Waals surface area contributed by atoms with Crippen molar-refractivity contribution in [2.45, 2.75) is 45.6 Å². The normalized spacial score (nSPS) is 17.7. The molecule has 110 valence electrons. The Bertz CT molecular complexity index is 467. The molecule has 1 aliphatic rings. The summed E-state index contributed by atoms with van der Waals surface area (Å²) in [5.41, 5.74) is 8.61. The smallest absolute Gasteiger partial charge is 0.241 e. The number of amides is 1. The Morgan fingerprint density at radius 2 is 2.05 bits per heavy atom. The van der Waals surface area contributed by atoms with E-state index in [1.807, 2.05) is 25.1 Å². The van der Waals surface area contributed by atoms with Crippen molar-refractivity contribution in [3.8, 4) is 0 Å². The first-order chi connectivity index (χ1) is 9.61. The van der Waals surface area contributed by atoms with Crippen LogP contribution in [0.2, 0.25) is 0 Å². The van der Waals surface area contributed by atoms with Crippen LogP contribution >= 0.6 is 0 Å². The molecule has 2 rings (SSSR count). The van der Waals surface area contributed by atoms with Crippen molar-refractivity contribution in [1.29, 1.82) is 0 Å². The Balaban J connectivity index is 1.98. The van der Waals surface area contributed by atoms with Gasteiger partial charge in [-0.15, -0.1) is 0 Å². The average molecular weight is 275 g/mol. The number of hydrogen-bond acceptors (Lipinski definition) is 3. The summed E-state index contributed by atoms with van der Waals surface area (Å²) in [6.45, 7) is 6.09. The van der Waals surface area contributed by atoms with E-state index in [4.69, 9.17) is 5.73 Å². The van der Waals surface area contributed by atoms with Crippen molar-refractivity contribution in [3.63, 3.8) is 0 Å². The van der Waals surface area contributed by atoms with E-state index in [9.17, 15) is 4.79 Å². The molecule has 1 unspecified atom stereocenters. The quantitative estimate of drug-likeness (QED) is 0.831. The van der Waals surface area contributed by atoms with E-state index < -0.39 is 0 Å². The zero-order chi connectivity index (χ0) is 14.5. The number of benzene rings is 1. The maximum absolute atomic E-state index is 12.3. The molecule has 0 aliphatic carbocycles. The van der Waals surface area contributed by atoms with Gasteiger partial charge in [0.2, 0.25) is 5.91 Å². The van der Waals surface area contributed by atoms with E-state index in [-0.39, 0.29) is 11.9 Å². The molecule has 1 atom stereocenters. The van der Waals surface area contributed by atoms with Crippen molar-refractivity contribution >= 4 is 17.3 Å². The number of nitrogens with two attached hydrogens (primary N) is 1. The summed E-state index contributed by atoms with van der Waals surface area (Å²) in [6, 6.07) is 5.67. The van der Waals surface area contributed by atoms with E-state index in [1.165, 1.54) is 19.3 Å². The summed E-state index contributed by atoms with van der Waals surface area (Å²) in [4.78, 5) is 14.5. The largest absolute Gasteiger partial charge is 0.398 e. The van der Waals surface area contributed by atoms with Crippen molar-refractivity contribution in [2.75, 3.05) is 24.1 Å². The molecule has 4 nitrogen and oxygen atoms in total. The number of rotatable bonds is 4. The topological polar surface area (TPSA) is 58.4 Å². The summed E-state index contributed by atoms with van der Waals surface area (Å²) in [6.07, 6.45) is 4.57. The first-order valence-electron chi connectivity index (χ1n) is 7.55. The van der Waals surface area contributed by atoms with Crippen LogP contribution in [-0.2, 0) is 11.2 Å². The maximum atomic E-state index is 12.3. The second kappa shape index (κ2) is 6.75. The first kappa shape index (κ1) is 14.9. The van der Waals surface area contributed by atoms with Crippen molar-refractivity contribution in [1.82, 2.24) is 4.90 Å². The van der Waals surface area contributed by atoms with E-state index in [0.29, 0.717) is 0 Å². The highest BCUT2D eigenvalue weighted by molar-refractivity contribution is 5.95. The fraction of sp³-hybridized carbons (Fsp3) is 0.562. The first-order valence-corrected chi connectivity index (χ1v) is 7.55. The lowest BCUT2D eigenvalue weighted by Gasteiger charge is -2.31. The van der Waals surface area contributed by atoms with Crippen LogP contribution in [0.4, 0.5) is 11.4 Å². The molecular formula is C16H25N3O. The van der Waals surface area contributed by atoms with Crippen LogP contribution in [0, 0.1) is 0 Å². The second-order valence-electron chi connectivity index (χ2n) is 5.53. The molecule has 1 aromatic rings. The molecule has 1 heterocycles. The maximum Gasteiger partial charge on any atom is 0.241 e. The number of nitrogens with zero attached hydrogens (tertiary/aromatic N) is 1. The highest BCUT2D eigenvalue weighted by atomic mass is 16.2. The Labute approximate surface area is 121 Å². The minimum atomic E-state index is -0.0811. The molecule has 0 spiro atoms. The van der Waals surface area contributed by atoms with Gasteiger partial charge in [-0.2, -0.15) is 0 Å². The monoisotopic (exact) mass is 275 g/mol. The second-order valence-corrected chi connectivity index (χ2v) is 5.53. The third kappa shape index (κ3) is 3.51. The molecule has 0 radical (unpaired) electrons. The average Bonchev–Trinajstić information content (AvgIpc) is 2.47. The molecular weight excluding hydrogens is 250 g/mol. The van der Waals surface area contributed by atoms with Gasteiger partial charge in [0.25, 0.3) is 0 Å². The zero-order valence-electron chi connectivity index (χ0n) is 12.5. The zero-order valence-corrected chi connectivity index (χ0v) is 12.5. The number of carbonyl (C=O) groups excluding carboxylic acids is 1. The number of aryl methyl sites for hydroxylation is 1. The summed E-state index contributed by atoms with van der Waals surface area (Å²) in [5, 5.41) is 2.97. The van der Waals surface area contributed by atoms with Crippen LogP contribution in [-0.4, -0.2) is 29.9 Å². The van der Waals surface area contributed by atoms with Crippen LogP contribution in [0.1, 0.15) is 38.7 Å². The van der Waals surface area contributed by atoms with Gasteiger partial charge in [-0.3, -0.25) is 9.69 Å². The van der Waals surface area contributed by atoms with E-state index in [1.54, 1.807) is 0 Å². The summed E-state index contributed by atoms with van der Waals surface area (Å²) >= 11 is 0. The van der Waals surface area contributed by atoms with Gasteiger partial charge in [-0.1, -0.05) is 19.4 Å². The van der Waals surface area contributed by atoms with Gasteiger partial charge in [0.05, 0.1) is 6.04 Å². The Morgan fingerprint density at radius 3 is 2.65 bits per heavy atom. The predicted molar refractivity (Wildman–Crippen MR) is 83.7 cm³/mol. The summed E-state index contributed by atoms with van der Waals surface area (Å²) in [7, 11) is 0. The van der Waals surface area contributed by atoms with E-state index in [2.05, 4.69) is 17.1 Å². The minimum absolute atomic E-state index is 0.0514. The number of likely N-dealkylation sites (tertiary alicyclic amines) is 1. The number of hydrogen-bond donors (Lipinski definition) is 2. The van der Waals surface area contributed by atoms with Gasteiger partial charge in [0.1, 0.15) is 0 Å².